The number of aliphatic hydroxyl groups is 5. The normalized spacial score (nSPS) is 49.0. The summed E-state index contributed by atoms with van der Waals surface area (Å²) in [4.78, 5) is 16.3. The molecule has 6 N–H and O–H groups in total. The fourth-order valence-electron chi connectivity index (χ4n) is 10.5. The van der Waals surface area contributed by atoms with Crippen molar-refractivity contribution < 1.29 is 58.7 Å². The number of carbonyl (C=O) groups is 1. The number of nitrogens with one attached hydrogen (secondary N) is 1. The van der Waals surface area contributed by atoms with Crippen LogP contribution in [-0.2, 0) is 33.2 Å². The first-order valence-corrected chi connectivity index (χ1v) is 21.8. The topological polar surface area (TPSA) is 189 Å². The lowest BCUT2D eigenvalue weighted by Crippen LogP contribution is -2.62. The largest absolute Gasteiger partial charge is 0.459 e. The van der Waals surface area contributed by atoms with E-state index in [2.05, 4.69) is 5.32 Å². The first kappa shape index (κ1) is 48.7. The van der Waals surface area contributed by atoms with Crippen LogP contribution in [0.2, 0.25) is 0 Å². The second kappa shape index (κ2) is 19.8. The number of hydrogen-bond donors (Lipinski definition) is 6. The molecule has 0 radical (unpaired) electrons. The van der Waals surface area contributed by atoms with Crippen molar-refractivity contribution in [1.29, 1.82) is 0 Å². The Morgan fingerprint density at radius 3 is 2.09 bits per heavy atom. The summed E-state index contributed by atoms with van der Waals surface area (Å²) in [6.45, 7) is 17.9. The highest BCUT2D eigenvalue weighted by atomic mass is 16.7. The number of cyclic esters (lactones) is 1. The summed E-state index contributed by atoms with van der Waals surface area (Å²) in [5, 5.41) is 63.6. The van der Waals surface area contributed by atoms with Gasteiger partial charge in [-0.25, -0.2) is 0 Å². The van der Waals surface area contributed by atoms with Crippen molar-refractivity contribution in [1.82, 2.24) is 10.2 Å². The van der Waals surface area contributed by atoms with E-state index in [4.69, 9.17) is 28.4 Å². The van der Waals surface area contributed by atoms with Crippen molar-refractivity contribution in [3.8, 4) is 0 Å². The molecule has 0 amide bonds. The Morgan fingerprint density at radius 1 is 0.877 bits per heavy atom. The Morgan fingerprint density at radius 2 is 1.51 bits per heavy atom. The zero-order chi connectivity index (χ0) is 42.8. The molecule has 0 aromatic carbocycles. The highest BCUT2D eigenvalue weighted by molar-refractivity contribution is 5.73. The van der Waals surface area contributed by atoms with Crippen LogP contribution in [0, 0.1) is 23.7 Å². The van der Waals surface area contributed by atoms with E-state index in [-0.39, 0.29) is 49.4 Å². The second-order valence-electron chi connectivity index (χ2n) is 19.2. The van der Waals surface area contributed by atoms with Gasteiger partial charge in [-0.15, -0.1) is 0 Å². The third kappa shape index (κ3) is 11.1. The Labute approximate surface area is 342 Å². The molecule has 4 rings (SSSR count). The Bertz CT molecular complexity index is 1270. The molecule has 3 saturated heterocycles. The van der Waals surface area contributed by atoms with Crippen molar-refractivity contribution in [2.24, 2.45) is 23.7 Å². The van der Waals surface area contributed by atoms with Gasteiger partial charge in [0.25, 0.3) is 0 Å². The molecule has 0 bridgehead atoms. The first-order chi connectivity index (χ1) is 26.5. The zero-order valence-corrected chi connectivity index (χ0v) is 37.2. The molecular formula is C43H80N2O12. The standard InChI is InChI=1S/C43H80N2O12/c1-14-31-43(10,51)36(47)25(4)33(44-29-18-16-15-17-19-29)23(2)21-41(8,50)38(57-40-34(46)30(45(11)12)20-24(3)53-40)26(5)35(27(6)39(49)55-31)56-32-22-42(9,52-13)37(48)28(7)54-32/h23-38,40,44,46-48,50-51H,14-22H2,1-13H3/t23-,24?,25+,26+,27-,28?,30?,31-,32?,33+,34?,35+,36-,37?,38-,40?,41-,42?,43-/m1/s1. The second-order valence-corrected chi connectivity index (χ2v) is 19.2. The van der Waals surface area contributed by atoms with Gasteiger partial charge in [0, 0.05) is 43.5 Å². The smallest absolute Gasteiger partial charge is 0.311 e. The molecule has 1 saturated carbocycles. The van der Waals surface area contributed by atoms with E-state index in [1.54, 1.807) is 34.6 Å². The summed E-state index contributed by atoms with van der Waals surface area (Å²) in [7, 11) is 5.31. The lowest BCUT2D eigenvalue weighted by Gasteiger charge is -2.50. The number of hydrogen-bond acceptors (Lipinski definition) is 14. The van der Waals surface area contributed by atoms with Crippen LogP contribution in [0.25, 0.3) is 0 Å². The van der Waals surface area contributed by atoms with Crippen molar-refractivity contribution in [2.45, 2.75) is 223 Å². The highest BCUT2D eigenvalue weighted by Gasteiger charge is 2.54. The number of likely N-dealkylation sites (N-methyl/N-ethyl adjacent to an activating group) is 1. The molecule has 19 atom stereocenters. The van der Waals surface area contributed by atoms with Gasteiger partial charge < -0.3 is 64.2 Å². The zero-order valence-electron chi connectivity index (χ0n) is 37.2. The fourth-order valence-corrected chi connectivity index (χ4v) is 10.5. The van der Waals surface area contributed by atoms with Gasteiger partial charge in [-0.05, 0) is 93.7 Å². The van der Waals surface area contributed by atoms with E-state index >= 15 is 0 Å². The van der Waals surface area contributed by atoms with Gasteiger partial charge in [0.05, 0.1) is 47.6 Å². The van der Waals surface area contributed by atoms with Gasteiger partial charge >= 0.3 is 5.97 Å². The molecule has 4 fully saturated rings. The average Bonchev–Trinajstić information content (AvgIpc) is 3.15. The Balaban J connectivity index is 1.85. The van der Waals surface area contributed by atoms with Crippen LogP contribution in [-0.4, -0.2) is 154 Å². The molecule has 1 aliphatic carbocycles. The number of nitrogens with zero attached hydrogens (tertiary/aromatic N) is 1. The van der Waals surface area contributed by atoms with Crippen molar-refractivity contribution >= 4 is 5.97 Å². The van der Waals surface area contributed by atoms with E-state index < -0.39 is 95.8 Å². The molecular weight excluding hydrogens is 736 g/mol. The SMILES string of the molecule is CC[C@H]1OC(=O)[C@H](C)[C@@H](OC2CC(C)(OC)C(O)C(C)O2)[C@H](C)[C@@H](OC2OC(C)CC(N(C)C)C2O)[C@](C)(O)C[C@@H](C)[C@H](NC2CCCCC2)[C@H](C)[C@@H](O)[C@]1(C)O. The highest BCUT2D eigenvalue weighted by Crippen LogP contribution is 2.41. The van der Waals surface area contributed by atoms with Crippen molar-refractivity contribution in [3.05, 3.63) is 0 Å². The monoisotopic (exact) mass is 817 g/mol. The maximum atomic E-state index is 14.4. The molecule has 57 heavy (non-hydrogen) atoms. The molecule has 0 aromatic heterocycles. The lowest BCUT2D eigenvalue weighted by molar-refractivity contribution is -0.318. The summed E-state index contributed by atoms with van der Waals surface area (Å²) in [6.07, 6.45) is -2.99. The van der Waals surface area contributed by atoms with Crippen LogP contribution in [0.5, 0.6) is 0 Å². The first-order valence-electron chi connectivity index (χ1n) is 21.8. The minimum absolute atomic E-state index is 0.135. The maximum absolute atomic E-state index is 14.4. The minimum Gasteiger partial charge on any atom is -0.459 e. The van der Waals surface area contributed by atoms with E-state index in [0.717, 1.165) is 25.7 Å². The van der Waals surface area contributed by atoms with Crippen LogP contribution in [0.3, 0.4) is 0 Å². The predicted molar refractivity (Wildman–Crippen MR) is 215 cm³/mol. The average molecular weight is 817 g/mol. The van der Waals surface area contributed by atoms with Crippen LogP contribution >= 0.6 is 0 Å². The van der Waals surface area contributed by atoms with Crippen molar-refractivity contribution in [3.63, 3.8) is 0 Å². The third-order valence-electron chi connectivity index (χ3n) is 14.1. The molecule has 14 nitrogen and oxygen atoms in total. The molecule has 0 spiro atoms. The Kier molecular flexibility index (Phi) is 16.9. The van der Waals surface area contributed by atoms with Crippen LogP contribution in [0.4, 0.5) is 0 Å². The van der Waals surface area contributed by atoms with E-state index in [1.165, 1.54) is 20.5 Å². The van der Waals surface area contributed by atoms with Gasteiger partial charge in [-0.2, -0.15) is 0 Å². The number of esters is 1. The fraction of sp³-hybridized carbons (Fsp3) is 0.977. The van der Waals surface area contributed by atoms with Gasteiger partial charge in [0.2, 0.25) is 0 Å². The number of rotatable bonds is 9. The number of aliphatic hydroxyl groups excluding tert-OH is 3. The van der Waals surface area contributed by atoms with Gasteiger partial charge in [-0.1, -0.05) is 47.0 Å². The third-order valence-corrected chi connectivity index (χ3v) is 14.1. The van der Waals surface area contributed by atoms with Crippen LogP contribution < -0.4 is 5.32 Å². The molecule has 8 unspecified atom stereocenters. The summed E-state index contributed by atoms with van der Waals surface area (Å²) >= 11 is 0. The summed E-state index contributed by atoms with van der Waals surface area (Å²) in [5.74, 6) is -3.22. The Hall–Kier alpha value is -1.01. The molecule has 14 heteroatoms. The molecule has 3 aliphatic heterocycles. The number of ether oxygens (including phenoxy) is 6. The van der Waals surface area contributed by atoms with Gasteiger partial charge in [0.15, 0.2) is 12.6 Å². The summed E-state index contributed by atoms with van der Waals surface area (Å²) in [5.41, 5.74) is -4.46. The lowest BCUT2D eigenvalue weighted by atomic mass is 9.72. The molecule has 334 valence electrons. The van der Waals surface area contributed by atoms with Crippen molar-refractivity contribution in [2.75, 3.05) is 21.2 Å². The molecule has 3 heterocycles. The maximum Gasteiger partial charge on any atom is 0.311 e. The molecule has 0 aromatic rings. The number of carbonyl (C=O) groups excluding carboxylic acids is 1. The quantitative estimate of drug-likeness (QED) is 0.186. The number of methoxy groups -OCH3 is 1. The predicted octanol–water partition coefficient (Wildman–Crippen LogP) is 3.51. The van der Waals surface area contributed by atoms with E-state index in [9.17, 15) is 30.3 Å². The minimum atomic E-state index is -1.82. The van der Waals surface area contributed by atoms with Crippen LogP contribution in [0.15, 0.2) is 0 Å². The summed E-state index contributed by atoms with van der Waals surface area (Å²) < 4.78 is 38.0. The van der Waals surface area contributed by atoms with E-state index in [1.807, 2.05) is 46.7 Å². The summed E-state index contributed by atoms with van der Waals surface area (Å²) in [6, 6.07) is -0.439. The van der Waals surface area contributed by atoms with Gasteiger partial charge in [0.1, 0.15) is 23.9 Å². The molecule has 4 aliphatic rings. The van der Waals surface area contributed by atoms with Crippen LogP contribution in [0.1, 0.15) is 127 Å². The van der Waals surface area contributed by atoms with Gasteiger partial charge in [-0.3, -0.25) is 4.79 Å². The van der Waals surface area contributed by atoms with E-state index in [0.29, 0.717) is 6.42 Å².